The summed E-state index contributed by atoms with van der Waals surface area (Å²) in [7, 11) is 0. The Balaban J connectivity index is 0.000000387. The Kier molecular flexibility index (Phi) is 13.3. The number of benzene rings is 2. The summed E-state index contributed by atoms with van der Waals surface area (Å²) in [4.78, 5) is 0. The Labute approximate surface area is 216 Å². The Morgan fingerprint density at radius 1 is 0.824 bits per heavy atom. The van der Waals surface area contributed by atoms with Crippen molar-refractivity contribution in [3.63, 3.8) is 0 Å². The van der Waals surface area contributed by atoms with E-state index < -0.39 is 0 Å². The van der Waals surface area contributed by atoms with Gasteiger partial charge in [-0.25, -0.2) is 0 Å². The van der Waals surface area contributed by atoms with Gasteiger partial charge in [0.2, 0.25) is 0 Å². The Morgan fingerprint density at radius 2 is 1.50 bits per heavy atom. The Hall–Kier alpha value is -1.27. The third-order valence-electron chi connectivity index (χ3n) is 8.37. The van der Waals surface area contributed by atoms with Crippen molar-refractivity contribution in [2.75, 3.05) is 0 Å². The van der Waals surface area contributed by atoms with Crippen LogP contribution in [0.4, 0.5) is 0 Å². The largest absolute Gasteiger partial charge is 0.0840 e. The molecule has 1 unspecified atom stereocenters. The van der Waals surface area contributed by atoms with Gasteiger partial charge in [-0.2, -0.15) is 0 Å². The minimum Gasteiger partial charge on any atom is -0.0840 e. The molecular weight excluding hydrogens is 432 g/mol. The molecule has 2 aromatic rings. The van der Waals surface area contributed by atoms with E-state index in [0.29, 0.717) is 11.3 Å². The zero-order valence-corrected chi connectivity index (χ0v) is 23.6. The third kappa shape index (κ3) is 9.07. The summed E-state index contributed by atoms with van der Waals surface area (Å²) < 4.78 is 0. The molecule has 1 aliphatic rings. The maximum absolute atomic E-state index is 6.68. The highest BCUT2D eigenvalue weighted by Gasteiger charge is 2.35. The van der Waals surface area contributed by atoms with Gasteiger partial charge in [-0.3, -0.25) is 0 Å². The molecule has 0 radical (unpaired) electrons. The lowest BCUT2D eigenvalue weighted by molar-refractivity contribution is 0.164. The number of rotatable bonds is 11. The van der Waals surface area contributed by atoms with Crippen LogP contribution in [0.2, 0.25) is 5.02 Å². The first kappa shape index (κ1) is 29.0. The molecule has 1 atom stereocenters. The van der Waals surface area contributed by atoms with Crippen LogP contribution in [0.5, 0.6) is 0 Å². The second kappa shape index (κ2) is 15.7. The SMILES string of the molecule is CCC(c1ccc(CCc2ccccc2)c(Cl)c1)C1(C)CCCCC1.CCCCC(CC)CC. The fourth-order valence-electron chi connectivity index (χ4n) is 5.94. The van der Waals surface area contributed by atoms with Crippen LogP contribution in [0, 0.1) is 11.3 Å². The highest BCUT2D eigenvalue weighted by Crippen LogP contribution is 2.49. The van der Waals surface area contributed by atoms with Gasteiger partial charge in [0.25, 0.3) is 0 Å². The van der Waals surface area contributed by atoms with E-state index in [4.69, 9.17) is 11.6 Å². The molecule has 2 aromatic carbocycles. The lowest BCUT2D eigenvalue weighted by Gasteiger charge is -2.41. The molecule has 190 valence electrons. The average Bonchev–Trinajstić information content (AvgIpc) is 2.86. The molecule has 0 N–H and O–H groups in total. The second-order valence-corrected chi connectivity index (χ2v) is 11.2. The van der Waals surface area contributed by atoms with E-state index in [-0.39, 0.29) is 0 Å². The van der Waals surface area contributed by atoms with Crippen LogP contribution < -0.4 is 0 Å². The van der Waals surface area contributed by atoms with Gasteiger partial charge in [0.05, 0.1) is 0 Å². The smallest absolute Gasteiger partial charge is 0.0440 e. The molecule has 34 heavy (non-hydrogen) atoms. The van der Waals surface area contributed by atoms with Crippen molar-refractivity contribution in [1.29, 1.82) is 0 Å². The van der Waals surface area contributed by atoms with Gasteiger partial charge < -0.3 is 0 Å². The van der Waals surface area contributed by atoms with Crippen molar-refractivity contribution in [3.8, 4) is 0 Å². The maximum Gasteiger partial charge on any atom is 0.0440 e. The number of hydrogen-bond donors (Lipinski definition) is 0. The molecule has 0 spiro atoms. The molecule has 1 saturated carbocycles. The normalized spacial score (nSPS) is 16.1. The van der Waals surface area contributed by atoms with E-state index in [2.05, 4.69) is 83.1 Å². The zero-order chi connectivity index (χ0) is 24.8. The molecule has 0 aromatic heterocycles. The highest BCUT2D eigenvalue weighted by molar-refractivity contribution is 6.31. The first-order chi connectivity index (χ1) is 16.5. The van der Waals surface area contributed by atoms with Gasteiger partial charge >= 0.3 is 0 Å². The lowest BCUT2D eigenvalue weighted by atomic mass is 9.64. The third-order valence-corrected chi connectivity index (χ3v) is 8.72. The molecule has 1 aliphatic carbocycles. The van der Waals surface area contributed by atoms with E-state index in [1.54, 1.807) is 0 Å². The summed E-state index contributed by atoms with van der Waals surface area (Å²) in [5, 5.41) is 0.950. The van der Waals surface area contributed by atoms with Crippen LogP contribution in [0.1, 0.15) is 128 Å². The minimum absolute atomic E-state index is 0.446. The molecule has 0 aliphatic heterocycles. The zero-order valence-electron chi connectivity index (χ0n) is 22.8. The van der Waals surface area contributed by atoms with Gasteiger partial charge in [0.15, 0.2) is 0 Å². The number of halogens is 1. The van der Waals surface area contributed by atoms with Gasteiger partial charge in [-0.1, -0.05) is 140 Å². The van der Waals surface area contributed by atoms with Crippen molar-refractivity contribution in [2.45, 2.75) is 124 Å². The van der Waals surface area contributed by atoms with Crippen LogP contribution in [-0.4, -0.2) is 0 Å². The number of hydrogen-bond acceptors (Lipinski definition) is 0. The molecular formula is C33H51Cl. The van der Waals surface area contributed by atoms with Crippen molar-refractivity contribution in [3.05, 3.63) is 70.2 Å². The van der Waals surface area contributed by atoms with Crippen molar-refractivity contribution in [1.82, 2.24) is 0 Å². The predicted octanol–water partition coefficient (Wildman–Crippen LogP) is 11.2. The number of unbranched alkanes of at least 4 members (excludes halogenated alkanes) is 1. The van der Waals surface area contributed by atoms with Gasteiger partial charge in [-0.05, 0) is 72.1 Å². The van der Waals surface area contributed by atoms with Crippen LogP contribution in [0.25, 0.3) is 0 Å². The quantitative estimate of drug-likeness (QED) is 0.298. The van der Waals surface area contributed by atoms with Gasteiger partial charge in [0, 0.05) is 5.02 Å². The summed E-state index contributed by atoms with van der Waals surface area (Å²) in [5.41, 5.74) is 4.55. The topological polar surface area (TPSA) is 0 Å². The summed E-state index contributed by atoms with van der Waals surface area (Å²) in [6.45, 7) is 11.7. The molecule has 3 rings (SSSR count). The Bertz CT molecular complexity index is 783. The maximum atomic E-state index is 6.68. The number of aryl methyl sites for hydroxylation is 2. The Morgan fingerprint density at radius 3 is 2.06 bits per heavy atom. The fourth-order valence-corrected chi connectivity index (χ4v) is 6.22. The standard InChI is InChI=1S/C24H31Cl.C9H20/c1-3-22(24(2)16-8-5-9-17-24)21-15-14-20(23(25)18-21)13-12-19-10-6-4-7-11-19;1-4-7-8-9(5-2)6-3/h4,6-7,10-11,14-15,18,22H,3,5,8-9,12-13,16-17H2,1-2H3;9H,4-8H2,1-3H3. The lowest BCUT2D eigenvalue weighted by Crippen LogP contribution is -2.28. The molecule has 0 bridgehead atoms. The van der Waals surface area contributed by atoms with Crippen molar-refractivity contribution >= 4 is 11.6 Å². The van der Waals surface area contributed by atoms with Crippen molar-refractivity contribution in [2.24, 2.45) is 11.3 Å². The minimum atomic E-state index is 0.446. The molecule has 1 fully saturated rings. The molecule has 1 heteroatoms. The molecule has 0 heterocycles. The molecule has 0 saturated heterocycles. The summed E-state index contributed by atoms with van der Waals surface area (Å²) in [5.74, 6) is 1.64. The van der Waals surface area contributed by atoms with E-state index in [9.17, 15) is 0 Å². The first-order valence-corrected chi connectivity index (χ1v) is 14.7. The summed E-state index contributed by atoms with van der Waals surface area (Å²) in [6.07, 6.45) is 17.1. The average molecular weight is 483 g/mol. The highest BCUT2D eigenvalue weighted by atomic mass is 35.5. The van der Waals surface area contributed by atoms with E-state index >= 15 is 0 Å². The van der Waals surface area contributed by atoms with Gasteiger partial charge in [0.1, 0.15) is 0 Å². The van der Waals surface area contributed by atoms with E-state index in [0.717, 1.165) is 23.8 Å². The molecule has 0 amide bonds. The summed E-state index contributed by atoms with van der Waals surface area (Å²) in [6, 6.07) is 17.6. The van der Waals surface area contributed by atoms with E-state index in [1.165, 1.54) is 87.3 Å². The van der Waals surface area contributed by atoms with Gasteiger partial charge in [-0.15, -0.1) is 0 Å². The van der Waals surface area contributed by atoms with Crippen LogP contribution in [0.15, 0.2) is 48.5 Å². The van der Waals surface area contributed by atoms with E-state index in [1.807, 2.05) is 0 Å². The first-order valence-electron chi connectivity index (χ1n) is 14.3. The monoisotopic (exact) mass is 482 g/mol. The van der Waals surface area contributed by atoms with Crippen molar-refractivity contribution < 1.29 is 0 Å². The second-order valence-electron chi connectivity index (χ2n) is 10.8. The van der Waals surface area contributed by atoms with Crippen LogP contribution >= 0.6 is 11.6 Å². The summed E-state index contributed by atoms with van der Waals surface area (Å²) >= 11 is 6.68. The predicted molar refractivity (Wildman–Crippen MR) is 153 cm³/mol. The van der Waals surface area contributed by atoms with Crippen LogP contribution in [-0.2, 0) is 12.8 Å². The fraction of sp³-hybridized carbons (Fsp3) is 0.636. The van der Waals surface area contributed by atoms with Crippen LogP contribution in [0.3, 0.4) is 0 Å². The molecule has 0 nitrogen and oxygen atoms in total.